The molecular weight excluding hydrogens is 576 g/mol. The van der Waals surface area contributed by atoms with Crippen molar-refractivity contribution in [2.45, 2.75) is 85.1 Å². The number of hydrogen-bond donors (Lipinski definition) is 2. The predicted molar refractivity (Wildman–Crippen MR) is 191 cm³/mol. The molecule has 1 saturated heterocycles. The molecule has 2 aromatic carbocycles. The highest BCUT2D eigenvalue weighted by atomic mass is 16.5. The van der Waals surface area contributed by atoms with E-state index in [-0.39, 0.29) is 12.7 Å². The van der Waals surface area contributed by atoms with Crippen LogP contribution in [-0.4, -0.2) is 62.6 Å². The predicted octanol–water partition coefficient (Wildman–Crippen LogP) is 7.76. The SMILES string of the molecule is C1CCNCC1.CC.CC.CC(=O)N(C)Cc1ccccn1.COCCCCC1(CNC=O)c2ccccc2Oc2ccccc21.[HH]. The molecule has 2 aliphatic heterocycles. The third kappa shape index (κ3) is 13.3. The Morgan fingerprint density at radius 2 is 1.54 bits per heavy atom. The van der Waals surface area contributed by atoms with Crippen LogP contribution in [0.4, 0.5) is 0 Å². The van der Waals surface area contributed by atoms with Crippen molar-refractivity contribution in [3.05, 3.63) is 89.7 Å². The number of hydrogen-bond acceptors (Lipinski definition) is 6. The fraction of sp³-hybridized carbons (Fsp3) is 0.500. The van der Waals surface area contributed by atoms with Crippen LogP contribution in [0, 0.1) is 0 Å². The van der Waals surface area contributed by atoms with Gasteiger partial charge in [0, 0.05) is 58.4 Å². The summed E-state index contributed by atoms with van der Waals surface area (Å²) in [5, 5.41) is 6.20. The number of nitrogens with zero attached hydrogens (tertiary/aromatic N) is 2. The number of ether oxygens (including phenoxy) is 2. The number of piperidine rings is 1. The van der Waals surface area contributed by atoms with Crippen LogP contribution in [0.25, 0.3) is 0 Å². The van der Waals surface area contributed by atoms with Crippen LogP contribution < -0.4 is 15.4 Å². The van der Waals surface area contributed by atoms with Gasteiger partial charge in [-0.1, -0.05) is 76.6 Å². The van der Waals surface area contributed by atoms with Crippen molar-refractivity contribution in [1.29, 1.82) is 0 Å². The molecule has 2 N–H and O–H groups in total. The molecule has 0 radical (unpaired) electrons. The molecule has 0 saturated carbocycles. The summed E-state index contributed by atoms with van der Waals surface area (Å²) < 4.78 is 11.3. The first-order chi connectivity index (χ1) is 22.5. The Morgan fingerprint density at radius 1 is 0.957 bits per heavy atom. The van der Waals surface area contributed by atoms with Crippen molar-refractivity contribution in [2.24, 2.45) is 0 Å². The van der Waals surface area contributed by atoms with Crippen LogP contribution in [-0.2, 0) is 26.3 Å². The van der Waals surface area contributed by atoms with Crippen LogP contribution in [0.15, 0.2) is 72.9 Å². The average molecular weight is 637 g/mol. The number of para-hydroxylation sites is 2. The van der Waals surface area contributed by atoms with Gasteiger partial charge < -0.3 is 25.0 Å². The molecule has 3 aromatic rings. The Hall–Kier alpha value is -3.75. The van der Waals surface area contributed by atoms with E-state index in [2.05, 4.69) is 27.8 Å². The van der Waals surface area contributed by atoms with Crippen molar-refractivity contribution in [3.63, 3.8) is 0 Å². The van der Waals surface area contributed by atoms with Crippen LogP contribution >= 0.6 is 0 Å². The average Bonchev–Trinajstić information content (AvgIpc) is 3.12. The molecule has 8 heteroatoms. The number of benzene rings is 2. The topological polar surface area (TPSA) is 92.8 Å². The number of rotatable bonds is 10. The van der Waals surface area contributed by atoms with Gasteiger partial charge in [-0.2, -0.15) is 0 Å². The minimum Gasteiger partial charge on any atom is -0.457 e. The fourth-order valence-electron chi connectivity index (χ4n) is 5.25. The Morgan fingerprint density at radius 3 is 2.00 bits per heavy atom. The lowest BCUT2D eigenvalue weighted by Crippen LogP contribution is -2.41. The quantitative estimate of drug-likeness (QED) is 0.175. The molecule has 8 nitrogen and oxygen atoms in total. The number of carbonyl (C=O) groups is 2. The second kappa shape index (κ2) is 24.5. The number of unbranched alkanes of at least 4 members (excludes halogenated alkanes) is 1. The Balaban J connectivity index is 0.000000765. The molecule has 0 aliphatic carbocycles. The van der Waals surface area contributed by atoms with E-state index in [1.807, 2.05) is 82.3 Å². The van der Waals surface area contributed by atoms with E-state index < -0.39 is 0 Å². The molecule has 0 unspecified atom stereocenters. The van der Waals surface area contributed by atoms with Gasteiger partial charge >= 0.3 is 0 Å². The zero-order chi connectivity index (χ0) is 34.0. The summed E-state index contributed by atoms with van der Waals surface area (Å²) in [6, 6.07) is 21.9. The van der Waals surface area contributed by atoms with E-state index in [9.17, 15) is 9.59 Å². The number of aromatic nitrogens is 1. The van der Waals surface area contributed by atoms with Gasteiger partial charge in [0.1, 0.15) is 11.5 Å². The van der Waals surface area contributed by atoms with E-state index in [0.29, 0.717) is 13.1 Å². The zero-order valence-corrected chi connectivity index (χ0v) is 29.3. The van der Waals surface area contributed by atoms with Crippen LogP contribution in [0.2, 0.25) is 0 Å². The first-order valence-electron chi connectivity index (χ1n) is 16.9. The maximum absolute atomic E-state index is 11.0. The highest BCUT2D eigenvalue weighted by Gasteiger charge is 2.41. The lowest BCUT2D eigenvalue weighted by molar-refractivity contribution is -0.128. The van der Waals surface area contributed by atoms with Crippen LogP contribution in [0.1, 0.15) is 91.4 Å². The zero-order valence-electron chi connectivity index (χ0n) is 29.3. The van der Waals surface area contributed by atoms with Gasteiger partial charge in [0.15, 0.2) is 0 Å². The molecule has 2 amide bonds. The monoisotopic (exact) mass is 636 g/mol. The van der Waals surface area contributed by atoms with E-state index in [4.69, 9.17) is 9.47 Å². The number of fused-ring (bicyclic) bond motifs is 2. The summed E-state index contributed by atoms with van der Waals surface area (Å²) in [6.45, 7) is 13.9. The lowest BCUT2D eigenvalue weighted by atomic mass is 9.69. The smallest absolute Gasteiger partial charge is 0.219 e. The molecule has 1 aromatic heterocycles. The maximum atomic E-state index is 11.0. The van der Waals surface area contributed by atoms with E-state index >= 15 is 0 Å². The number of nitrogens with one attached hydrogen (secondary N) is 2. The fourth-order valence-corrected chi connectivity index (χ4v) is 5.25. The van der Waals surface area contributed by atoms with Crippen molar-refractivity contribution < 1.29 is 20.5 Å². The minimum atomic E-state index is -0.278. The molecule has 3 heterocycles. The summed E-state index contributed by atoms with van der Waals surface area (Å²) in [6.07, 6.45) is 9.64. The molecule has 256 valence electrons. The molecule has 1 fully saturated rings. The molecule has 5 rings (SSSR count). The van der Waals surface area contributed by atoms with Gasteiger partial charge in [-0.25, -0.2) is 0 Å². The molecule has 46 heavy (non-hydrogen) atoms. The Kier molecular flexibility index (Phi) is 21.4. The summed E-state index contributed by atoms with van der Waals surface area (Å²) >= 11 is 0. The van der Waals surface area contributed by atoms with E-state index in [0.717, 1.165) is 60.6 Å². The van der Waals surface area contributed by atoms with Crippen LogP contribution in [0.5, 0.6) is 11.5 Å². The third-order valence-electron chi connectivity index (χ3n) is 7.58. The van der Waals surface area contributed by atoms with Crippen LogP contribution in [0.3, 0.4) is 0 Å². The van der Waals surface area contributed by atoms with Gasteiger partial charge in [-0.3, -0.25) is 14.6 Å². The summed E-state index contributed by atoms with van der Waals surface area (Å²) in [4.78, 5) is 27.6. The Labute approximate surface area is 279 Å². The van der Waals surface area contributed by atoms with E-state index in [1.165, 1.54) is 32.4 Å². The van der Waals surface area contributed by atoms with Gasteiger partial charge in [0.25, 0.3) is 0 Å². The number of amides is 2. The maximum Gasteiger partial charge on any atom is 0.219 e. The largest absolute Gasteiger partial charge is 0.457 e. The number of methoxy groups -OCH3 is 1. The summed E-state index contributed by atoms with van der Waals surface area (Å²) in [7, 11) is 3.49. The molecule has 2 aliphatic rings. The van der Waals surface area contributed by atoms with Crippen molar-refractivity contribution in [2.75, 3.05) is 40.4 Å². The van der Waals surface area contributed by atoms with Crippen molar-refractivity contribution in [1.82, 2.24) is 20.5 Å². The second-order valence-corrected chi connectivity index (χ2v) is 10.6. The number of carbonyl (C=O) groups excluding carboxylic acids is 2. The van der Waals surface area contributed by atoms with E-state index in [1.54, 1.807) is 32.2 Å². The van der Waals surface area contributed by atoms with Gasteiger partial charge in [0.05, 0.1) is 12.2 Å². The standard InChI is InChI=1S/C20H23NO3.C9H12N2O.C5H11N.2C2H6.H2/c1-23-13-7-6-12-20(14-21-15-22)16-8-2-4-10-18(16)24-19-11-5-3-9-17(19)20;1-8(12)11(2)7-9-5-3-4-6-10-9;1-2-4-6-5-3-1;2*1-2;/h2-5,8-11,15H,6-7,12-14H2,1H3,(H,21,22);3-6H,7H2,1-2H3;6H,1-5H2;2*1-2H3;1H. The molecular formula is C38H60N4O4. The normalized spacial score (nSPS) is 13.3. The van der Waals surface area contributed by atoms with Gasteiger partial charge in [-0.05, 0) is 69.5 Å². The summed E-state index contributed by atoms with van der Waals surface area (Å²) in [5.41, 5.74) is 2.90. The van der Waals surface area contributed by atoms with Crippen molar-refractivity contribution in [3.8, 4) is 11.5 Å². The lowest BCUT2D eigenvalue weighted by Gasteiger charge is -2.40. The molecule has 0 spiro atoms. The Bertz CT molecular complexity index is 1170. The highest BCUT2D eigenvalue weighted by Crippen LogP contribution is 2.50. The van der Waals surface area contributed by atoms with Gasteiger partial charge in [0.2, 0.25) is 12.3 Å². The molecule has 0 atom stereocenters. The number of pyridine rings is 1. The first kappa shape index (κ1) is 40.3. The van der Waals surface area contributed by atoms with Crippen molar-refractivity contribution >= 4 is 12.3 Å². The van der Waals surface area contributed by atoms with Gasteiger partial charge in [-0.15, -0.1) is 0 Å². The first-order valence-corrected chi connectivity index (χ1v) is 16.9. The minimum absolute atomic E-state index is 0. The second-order valence-electron chi connectivity index (χ2n) is 10.6. The molecule has 0 bridgehead atoms. The third-order valence-corrected chi connectivity index (χ3v) is 7.58. The highest BCUT2D eigenvalue weighted by molar-refractivity contribution is 5.72. The summed E-state index contributed by atoms with van der Waals surface area (Å²) in [5.74, 6) is 1.80.